The van der Waals surface area contributed by atoms with E-state index in [9.17, 15) is 0 Å². The second-order valence-corrected chi connectivity index (χ2v) is 3.15. The Kier molecular flexibility index (Phi) is 3.16. The predicted octanol–water partition coefficient (Wildman–Crippen LogP) is 1.86. The van der Waals surface area contributed by atoms with E-state index in [1.807, 2.05) is 0 Å². The summed E-state index contributed by atoms with van der Waals surface area (Å²) in [5.74, 6) is 0.922. The van der Waals surface area contributed by atoms with Crippen LogP contribution in [0.25, 0.3) is 0 Å². The summed E-state index contributed by atoms with van der Waals surface area (Å²) in [4.78, 5) is 3.98. The smallest absolute Gasteiger partial charge is 0.183 e. The van der Waals surface area contributed by atoms with Crippen LogP contribution in [0.15, 0.2) is 23.6 Å². The van der Waals surface area contributed by atoms with E-state index in [4.69, 9.17) is 0 Å². The van der Waals surface area contributed by atoms with Gasteiger partial charge < -0.3 is 0 Å². The van der Waals surface area contributed by atoms with Gasteiger partial charge in [0.05, 0.1) is 0 Å². The largest absolute Gasteiger partial charge is 0.254 e. The topological polar surface area (TPSA) is 41.6 Å². The summed E-state index contributed by atoms with van der Waals surface area (Å²) in [7, 11) is 0. The molecule has 11 heavy (non-hydrogen) atoms. The number of hydrogen-bond acceptors (Lipinski definition) is 3. The third-order valence-corrected chi connectivity index (χ3v) is 2.33. The molecule has 0 aromatic carbocycles. The molecule has 1 N–H and O–H groups in total. The van der Waals surface area contributed by atoms with Gasteiger partial charge in [-0.15, -0.1) is 0 Å². The van der Waals surface area contributed by atoms with Crippen LogP contribution in [0.2, 0.25) is 0 Å². The summed E-state index contributed by atoms with van der Waals surface area (Å²) in [6.07, 6.45) is 2.54. The van der Waals surface area contributed by atoms with Crippen molar-refractivity contribution in [2.45, 2.75) is 18.5 Å². The summed E-state index contributed by atoms with van der Waals surface area (Å²) < 4.78 is 0. The highest BCUT2D eigenvalue weighted by atomic mass is 32.2. The van der Waals surface area contributed by atoms with E-state index in [1.165, 1.54) is 11.9 Å². The first-order valence-electron chi connectivity index (χ1n) is 3.47. The third kappa shape index (κ3) is 2.76. The van der Waals surface area contributed by atoms with Gasteiger partial charge in [-0.25, -0.2) is 4.98 Å². The van der Waals surface area contributed by atoms with Gasteiger partial charge in [0.15, 0.2) is 5.16 Å². The van der Waals surface area contributed by atoms with Crippen molar-refractivity contribution in [2.24, 2.45) is 0 Å². The number of rotatable bonds is 4. The van der Waals surface area contributed by atoms with Gasteiger partial charge in [-0.05, 0) is 6.42 Å². The second-order valence-electron chi connectivity index (χ2n) is 2.18. The van der Waals surface area contributed by atoms with Crippen LogP contribution in [-0.4, -0.2) is 20.9 Å². The summed E-state index contributed by atoms with van der Waals surface area (Å²) in [6.45, 7) is 5.99. The lowest BCUT2D eigenvalue weighted by Gasteiger charge is -1.97. The maximum absolute atomic E-state index is 3.98. The van der Waals surface area contributed by atoms with Crippen LogP contribution in [0.4, 0.5) is 0 Å². The molecule has 0 aliphatic heterocycles. The zero-order valence-corrected chi connectivity index (χ0v) is 7.32. The summed E-state index contributed by atoms with van der Waals surface area (Å²) in [5, 5.41) is 7.38. The molecule has 0 aliphatic rings. The minimum Gasteiger partial charge on any atom is -0.254 e. The van der Waals surface area contributed by atoms with Crippen molar-refractivity contribution < 1.29 is 0 Å². The normalized spacial score (nSPS) is 9.91. The van der Waals surface area contributed by atoms with E-state index in [0.717, 1.165) is 17.3 Å². The molecule has 3 nitrogen and oxygen atoms in total. The molecule has 0 saturated heterocycles. The Bertz CT molecular complexity index is 218. The highest BCUT2D eigenvalue weighted by molar-refractivity contribution is 7.99. The highest BCUT2D eigenvalue weighted by Gasteiger charge is 1.96. The van der Waals surface area contributed by atoms with Crippen molar-refractivity contribution in [3.63, 3.8) is 0 Å². The standard InChI is InChI=1S/C7H11N3S/c1-3-6(2)4-11-7-8-5-9-10-7/h5H,2-4H2,1H3,(H,8,9,10). The Morgan fingerprint density at radius 2 is 2.64 bits per heavy atom. The average Bonchev–Trinajstić information content (AvgIpc) is 2.52. The Morgan fingerprint density at radius 1 is 1.82 bits per heavy atom. The number of aromatic amines is 1. The fraction of sp³-hybridized carbons (Fsp3) is 0.429. The number of H-pyrrole nitrogens is 1. The molecule has 1 rings (SSSR count). The van der Waals surface area contributed by atoms with Crippen molar-refractivity contribution in [2.75, 3.05) is 5.75 Å². The van der Waals surface area contributed by atoms with Crippen LogP contribution >= 0.6 is 11.8 Å². The zero-order chi connectivity index (χ0) is 8.10. The molecule has 1 heterocycles. The molecule has 60 valence electrons. The van der Waals surface area contributed by atoms with Gasteiger partial charge in [-0.2, -0.15) is 5.10 Å². The average molecular weight is 169 g/mol. The fourth-order valence-corrected chi connectivity index (χ4v) is 1.32. The highest BCUT2D eigenvalue weighted by Crippen LogP contribution is 2.15. The molecular formula is C7H11N3S. The van der Waals surface area contributed by atoms with Gasteiger partial charge in [0.25, 0.3) is 0 Å². The van der Waals surface area contributed by atoms with Crippen LogP contribution in [0.1, 0.15) is 13.3 Å². The molecule has 0 amide bonds. The van der Waals surface area contributed by atoms with E-state index >= 15 is 0 Å². The molecular weight excluding hydrogens is 158 g/mol. The number of thioether (sulfide) groups is 1. The number of aromatic nitrogens is 3. The van der Waals surface area contributed by atoms with Gasteiger partial charge in [0.2, 0.25) is 0 Å². The maximum Gasteiger partial charge on any atom is 0.183 e. The minimum atomic E-state index is 0.861. The van der Waals surface area contributed by atoms with E-state index in [0.29, 0.717) is 0 Å². The molecule has 1 aromatic heterocycles. The van der Waals surface area contributed by atoms with Crippen molar-refractivity contribution in [3.8, 4) is 0 Å². The van der Waals surface area contributed by atoms with E-state index < -0.39 is 0 Å². The fourth-order valence-electron chi connectivity index (χ4n) is 0.536. The molecule has 4 heteroatoms. The molecule has 0 radical (unpaired) electrons. The minimum absolute atomic E-state index is 0.861. The first kappa shape index (κ1) is 8.33. The lowest BCUT2D eigenvalue weighted by Crippen LogP contribution is -1.84. The van der Waals surface area contributed by atoms with E-state index in [1.54, 1.807) is 11.8 Å². The third-order valence-electron chi connectivity index (χ3n) is 1.31. The zero-order valence-electron chi connectivity index (χ0n) is 6.50. The van der Waals surface area contributed by atoms with Crippen LogP contribution in [0, 0.1) is 0 Å². The van der Waals surface area contributed by atoms with E-state index in [2.05, 4.69) is 28.7 Å². The van der Waals surface area contributed by atoms with Gasteiger partial charge in [-0.3, -0.25) is 5.10 Å². The van der Waals surface area contributed by atoms with Crippen LogP contribution in [-0.2, 0) is 0 Å². The molecule has 0 saturated carbocycles. The van der Waals surface area contributed by atoms with Crippen molar-refractivity contribution in [1.29, 1.82) is 0 Å². The summed E-state index contributed by atoms with van der Waals surface area (Å²) in [6, 6.07) is 0. The number of hydrogen-bond donors (Lipinski definition) is 1. The summed E-state index contributed by atoms with van der Waals surface area (Å²) >= 11 is 1.63. The molecule has 0 aliphatic carbocycles. The molecule has 0 fully saturated rings. The van der Waals surface area contributed by atoms with Crippen LogP contribution in [0.5, 0.6) is 0 Å². The lowest BCUT2D eigenvalue weighted by molar-refractivity contribution is 0.972. The molecule has 0 unspecified atom stereocenters. The monoisotopic (exact) mass is 169 g/mol. The van der Waals surface area contributed by atoms with Gasteiger partial charge in [0.1, 0.15) is 6.33 Å². The van der Waals surface area contributed by atoms with Crippen molar-refractivity contribution in [1.82, 2.24) is 15.2 Å². The summed E-state index contributed by atoms with van der Waals surface area (Å²) in [5.41, 5.74) is 1.23. The maximum atomic E-state index is 3.98. The predicted molar refractivity (Wildman–Crippen MR) is 46.5 cm³/mol. The van der Waals surface area contributed by atoms with Crippen molar-refractivity contribution in [3.05, 3.63) is 18.5 Å². The van der Waals surface area contributed by atoms with Gasteiger partial charge in [-0.1, -0.05) is 30.8 Å². The van der Waals surface area contributed by atoms with E-state index in [-0.39, 0.29) is 0 Å². The second kappa shape index (κ2) is 4.18. The Hall–Kier alpha value is -0.770. The van der Waals surface area contributed by atoms with Crippen LogP contribution in [0.3, 0.4) is 0 Å². The molecule has 0 atom stereocenters. The quantitative estimate of drug-likeness (QED) is 0.552. The first-order valence-corrected chi connectivity index (χ1v) is 4.46. The van der Waals surface area contributed by atoms with Crippen LogP contribution < -0.4 is 0 Å². The SMILES string of the molecule is C=C(CC)CSc1ncn[nH]1. The lowest BCUT2D eigenvalue weighted by atomic mass is 10.3. The molecule has 1 aromatic rings. The van der Waals surface area contributed by atoms with Gasteiger partial charge in [0, 0.05) is 5.75 Å². The number of nitrogens with zero attached hydrogens (tertiary/aromatic N) is 2. The first-order chi connectivity index (χ1) is 5.33. The molecule has 0 spiro atoms. The number of nitrogens with one attached hydrogen (secondary N) is 1. The molecule has 0 bridgehead atoms. The Labute approximate surface area is 70.3 Å². The van der Waals surface area contributed by atoms with Gasteiger partial charge >= 0.3 is 0 Å². The Morgan fingerprint density at radius 3 is 3.18 bits per heavy atom. The Balaban J connectivity index is 2.29. The van der Waals surface area contributed by atoms with Crippen molar-refractivity contribution >= 4 is 11.8 Å².